The number of rotatable bonds is 4. The Labute approximate surface area is 129 Å². The fraction of sp³-hybridized carbons (Fsp3) is 0.467. The molecule has 1 fully saturated rings. The summed E-state index contributed by atoms with van der Waals surface area (Å²) in [5.41, 5.74) is 7.11. The first-order valence-electron chi connectivity index (χ1n) is 7.10. The SMILES string of the molecule is CCC1CN(C(=O)Cc2ccc(/C(N)=N/O)cc2)CCS1. The van der Waals surface area contributed by atoms with Crippen molar-refractivity contribution in [3.05, 3.63) is 35.4 Å². The first kappa shape index (κ1) is 15.7. The number of nitrogens with two attached hydrogens (primary N) is 1. The van der Waals surface area contributed by atoms with Crippen LogP contribution >= 0.6 is 11.8 Å². The van der Waals surface area contributed by atoms with Crippen LogP contribution in [0.4, 0.5) is 0 Å². The Bertz CT molecular complexity index is 516. The van der Waals surface area contributed by atoms with E-state index >= 15 is 0 Å². The summed E-state index contributed by atoms with van der Waals surface area (Å²) in [4.78, 5) is 14.3. The number of hydrogen-bond donors (Lipinski definition) is 2. The van der Waals surface area contributed by atoms with Gasteiger partial charge in [-0.2, -0.15) is 11.8 Å². The third-order valence-corrected chi connectivity index (χ3v) is 5.03. The van der Waals surface area contributed by atoms with E-state index in [1.807, 2.05) is 28.8 Å². The summed E-state index contributed by atoms with van der Waals surface area (Å²) in [6.07, 6.45) is 1.50. The van der Waals surface area contributed by atoms with E-state index in [0.29, 0.717) is 17.2 Å². The Morgan fingerprint density at radius 2 is 2.19 bits per heavy atom. The van der Waals surface area contributed by atoms with Crippen LogP contribution in [-0.2, 0) is 11.2 Å². The molecule has 1 aromatic rings. The summed E-state index contributed by atoms with van der Waals surface area (Å²) in [7, 11) is 0. The molecule has 114 valence electrons. The highest BCUT2D eigenvalue weighted by atomic mass is 32.2. The van der Waals surface area contributed by atoms with Crippen LogP contribution in [0.25, 0.3) is 0 Å². The van der Waals surface area contributed by atoms with Crippen LogP contribution in [0.1, 0.15) is 24.5 Å². The number of amides is 1. The number of benzene rings is 1. The van der Waals surface area contributed by atoms with Crippen molar-refractivity contribution in [2.75, 3.05) is 18.8 Å². The predicted molar refractivity (Wildman–Crippen MR) is 85.8 cm³/mol. The number of carbonyl (C=O) groups is 1. The molecule has 1 amide bonds. The van der Waals surface area contributed by atoms with Crippen LogP contribution in [0.3, 0.4) is 0 Å². The summed E-state index contributed by atoms with van der Waals surface area (Å²) in [6, 6.07) is 7.22. The average Bonchev–Trinajstić information content (AvgIpc) is 2.54. The maximum Gasteiger partial charge on any atom is 0.227 e. The minimum atomic E-state index is 0.0757. The smallest absolute Gasteiger partial charge is 0.227 e. The van der Waals surface area contributed by atoms with Gasteiger partial charge in [0.15, 0.2) is 5.84 Å². The van der Waals surface area contributed by atoms with E-state index < -0.39 is 0 Å². The molecular weight excluding hydrogens is 286 g/mol. The largest absolute Gasteiger partial charge is 0.409 e. The van der Waals surface area contributed by atoms with Gasteiger partial charge < -0.3 is 15.8 Å². The third kappa shape index (κ3) is 4.14. The monoisotopic (exact) mass is 307 g/mol. The molecule has 0 spiro atoms. The molecule has 1 unspecified atom stereocenters. The Morgan fingerprint density at radius 1 is 1.48 bits per heavy atom. The number of hydrogen-bond acceptors (Lipinski definition) is 4. The van der Waals surface area contributed by atoms with Crippen LogP contribution in [0.2, 0.25) is 0 Å². The molecule has 1 heterocycles. The summed E-state index contributed by atoms with van der Waals surface area (Å²) < 4.78 is 0. The molecule has 0 saturated carbocycles. The maximum atomic E-state index is 12.3. The Kier molecular flexibility index (Phi) is 5.50. The van der Waals surface area contributed by atoms with E-state index in [0.717, 1.165) is 30.8 Å². The van der Waals surface area contributed by atoms with E-state index in [9.17, 15) is 4.79 Å². The first-order valence-corrected chi connectivity index (χ1v) is 8.15. The Hall–Kier alpha value is -1.69. The molecule has 1 aliphatic rings. The normalized spacial score (nSPS) is 19.6. The summed E-state index contributed by atoms with van der Waals surface area (Å²) in [5, 5.41) is 12.1. The summed E-state index contributed by atoms with van der Waals surface area (Å²) in [5.74, 6) is 1.27. The lowest BCUT2D eigenvalue weighted by Gasteiger charge is -2.32. The lowest BCUT2D eigenvalue weighted by Crippen LogP contribution is -2.42. The molecule has 2 rings (SSSR count). The zero-order chi connectivity index (χ0) is 15.2. The van der Waals surface area contributed by atoms with E-state index in [2.05, 4.69) is 12.1 Å². The number of amidine groups is 1. The van der Waals surface area contributed by atoms with E-state index in [-0.39, 0.29) is 11.7 Å². The third-order valence-electron chi connectivity index (χ3n) is 3.66. The molecule has 1 aliphatic heterocycles. The molecule has 0 aromatic heterocycles. The number of thioether (sulfide) groups is 1. The van der Waals surface area contributed by atoms with Crippen LogP contribution in [0, 0.1) is 0 Å². The maximum absolute atomic E-state index is 12.3. The predicted octanol–water partition coefficient (Wildman–Crippen LogP) is 1.68. The second-order valence-electron chi connectivity index (χ2n) is 5.10. The van der Waals surface area contributed by atoms with E-state index in [1.165, 1.54) is 0 Å². The molecule has 6 heteroatoms. The highest BCUT2D eigenvalue weighted by Crippen LogP contribution is 2.21. The molecule has 3 N–H and O–H groups in total. The lowest BCUT2D eigenvalue weighted by molar-refractivity contribution is -0.130. The quantitative estimate of drug-likeness (QED) is 0.384. The molecule has 0 aliphatic carbocycles. The lowest BCUT2D eigenvalue weighted by atomic mass is 10.1. The van der Waals surface area contributed by atoms with Gasteiger partial charge in [0, 0.05) is 29.7 Å². The highest BCUT2D eigenvalue weighted by Gasteiger charge is 2.22. The fourth-order valence-electron chi connectivity index (χ4n) is 2.33. The van der Waals surface area contributed by atoms with Crippen molar-refractivity contribution >= 4 is 23.5 Å². The zero-order valence-electron chi connectivity index (χ0n) is 12.2. The van der Waals surface area contributed by atoms with Crippen molar-refractivity contribution in [1.82, 2.24) is 4.90 Å². The zero-order valence-corrected chi connectivity index (χ0v) is 13.0. The van der Waals surface area contributed by atoms with Gasteiger partial charge in [0.1, 0.15) is 0 Å². The van der Waals surface area contributed by atoms with Gasteiger partial charge in [0.2, 0.25) is 5.91 Å². The van der Waals surface area contributed by atoms with Gasteiger partial charge >= 0.3 is 0 Å². The number of nitrogens with zero attached hydrogens (tertiary/aromatic N) is 2. The van der Waals surface area contributed by atoms with E-state index in [4.69, 9.17) is 10.9 Å². The summed E-state index contributed by atoms with van der Waals surface area (Å²) in [6.45, 7) is 3.85. The van der Waals surface area contributed by atoms with Crippen molar-refractivity contribution in [3.63, 3.8) is 0 Å². The van der Waals surface area contributed by atoms with Crippen molar-refractivity contribution < 1.29 is 10.0 Å². The molecule has 21 heavy (non-hydrogen) atoms. The molecule has 1 saturated heterocycles. The molecule has 5 nitrogen and oxygen atoms in total. The molecular formula is C15H21N3O2S. The van der Waals surface area contributed by atoms with Gasteiger partial charge in [-0.25, -0.2) is 0 Å². The number of carbonyl (C=O) groups excluding carboxylic acids is 1. The van der Waals surface area contributed by atoms with Crippen LogP contribution < -0.4 is 5.73 Å². The van der Waals surface area contributed by atoms with Crippen LogP contribution in [-0.4, -0.2) is 45.9 Å². The number of oxime groups is 1. The van der Waals surface area contributed by atoms with E-state index in [1.54, 1.807) is 12.1 Å². The Balaban J connectivity index is 1.96. The highest BCUT2D eigenvalue weighted by molar-refractivity contribution is 8.00. The van der Waals surface area contributed by atoms with Gasteiger partial charge in [0.25, 0.3) is 0 Å². The van der Waals surface area contributed by atoms with Crippen molar-refractivity contribution in [3.8, 4) is 0 Å². The van der Waals surface area contributed by atoms with Crippen molar-refractivity contribution in [2.24, 2.45) is 10.9 Å². The topological polar surface area (TPSA) is 78.9 Å². The van der Waals surface area contributed by atoms with Crippen LogP contribution in [0.15, 0.2) is 29.4 Å². The first-order chi connectivity index (χ1) is 10.1. The van der Waals surface area contributed by atoms with Gasteiger partial charge in [0.05, 0.1) is 6.42 Å². The van der Waals surface area contributed by atoms with Crippen molar-refractivity contribution in [1.29, 1.82) is 0 Å². The second kappa shape index (κ2) is 7.36. The molecule has 1 aromatic carbocycles. The minimum Gasteiger partial charge on any atom is -0.409 e. The van der Waals surface area contributed by atoms with Gasteiger partial charge in [-0.15, -0.1) is 0 Å². The second-order valence-corrected chi connectivity index (χ2v) is 6.51. The Morgan fingerprint density at radius 3 is 2.81 bits per heavy atom. The average molecular weight is 307 g/mol. The van der Waals surface area contributed by atoms with Gasteiger partial charge in [-0.1, -0.05) is 36.3 Å². The van der Waals surface area contributed by atoms with Crippen LogP contribution in [0.5, 0.6) is 0 Å². The van der Waals surface area contributed by atoms with Gasteiger partial charge in [-0.05, 0) is 12.0 Å². The summed E-state index contributed by atoms with van der Waals surface area (Å²) >= 11 is 1.95. The molecule has 0 radical (unpaired) electrons. The van der Waals surface area contributed by atoms with Gasteiger partial charge in [-0.3, -0.25) is 4.79 Å². The standard InChI is InChI=1S/C15H21N3O2S/c1-2-13-10-18(7-8-21-13)14(19)9-11-3-5-12(6-4-11)15(16)17-20/h3-6,13,20H,2,7-10H2,1H3,(H2,16,17). The molecule has 0 bridgehead atoms. The molecule has 1 atom stereocenters. The fourth-order valence-corrected chi connectivity index (χ4v) is 3.51. The minimum absolute atomic E-state index is 0.0757. The van der Waals surface area contributed by atoms with Crippen molar-refractivity contribution in [2.45, 2.75) is 25.0 Å².